The van der Waals surface area contributed by atoms with E-state index in [2.05, 4.69) is 4.98 Å². The number of carbonyl (C=O) groups excluding carboxylic acids is 2. The SMILES string of the molecule is CCC[C@@H](C(=O)OCC)N1C(=O)[C@@H](Cc2ccncc2)O[C@H](c2ccc(Cl)cc2)[C@@H]1c1ccc(Cl)cc1. The number of esters is 1. The summed E-state index contributed by atoms with van der Waals surface area (Å²) < 4.78 is 12.0. The highest BCUT2D eigenvalue weighted by Crippen LogP contribution is 2.44. The molecule has 194 valence electrons. The molecule has 0 bridgehead atoms. The Morgan fingerprint density at radius 3 is 2.14 bits per heavy atom. The van der Waals surface area contributed by atoms with Crippen LogP contribution in [0.4, 0.5) is 0 Å². The van der Waals surface area contributed by atoms with Crippen LogP contribution in [-0.4, -0.2) is 40.5 Å². The molecule has 2 heterocycles. The average molecular weight is 541 g/mol. The van der Waals surface area contributed by atoms with Crippen LogP contribution in [0.15, 0.2) is 73.1 Å². The van der Waals surface area contributed by atoms with E-state index in [0.717, 1.165) is 16.7 Å². The molecular formula is C29H30Cl2N2O4. The van der Waals surface area contributed by atoms with Crippen LogP contribution in [-0.2, 0) is 25.5 Å². The van der Waals surface area contributed by atoms with E-state index >= 15 is 0 Å². The maximum Gasteiger partial charge on any atom is 0.328 e. The smallest absolute Gasteiger partial charge is 0.328 e. The van der Waals surface area contributed by atoms with Crippen LogP contribution < -0.4 is 0 Å². The van der Waals surface area contributed by atoms with Gasteiger partial charge in [-0.05, 0) is 66.4 Å². The number of benzene rings is 2. The van der Waals surface area contributed by atoms with Gasteiger partial charge in [0.1, 0.15) is 18.2 Å². The second-order valence-electron chi connectivity index (χ2n) is 8.95. The van der Waals surface area contributed by atoms with Gasteiger partial charge in [-0.3, -0.25) is 9.78 Å². The van der Waals surface area contributed by atoms with Crippen LogP contribution in [0.5, 0.6) is 0 Å². The summed E-state index contributed by atoms with van der Waals surface area (Å²) >= 11 is 12.4. The predicted octanol–water partition coefficient (Wildman–Crippen LogP) is 6.37. The predicted molar refractivity (Wildman–Crippen MR) is 143 cm³/mol. The van der Waals surface area contributed by atoms with Crippen molar-refractivity contribution in [3.63, 3.8) is 0 Å². The van der Waals surface area contributed by atoms with Crippen molar-refractivity contribution < 1.29 is 19.1 Å². The van der Waals surface area contributed by atoms with E-state index < -0.39 is 30.3 Å². The number of carbonyl (C=O) groups is 2. The molecule has 8 heteroatoms. The van der Waals surface area contributed by atoms with E-state index in [-0.39, 0.29) is 12.5 Å². The molecule has 6 nitrogen and oxygen atoms in total. The summed E-state index contributed by atoms with van der Waals surface area (Å²) in [4.78, 5) is 33.2. The molecule has 4 atom stereocenters. The van der Waals surface area contributed by atoms with Gasteiger partial charge in [-0.1, -0.05) is 60.8 Å². The number of hydrogen-bond donors (Lipinski definition) is 0. The molecular weight excluding hydrogens is 511 g/mol. The topological polar surface area (TPSA) is 68.7 Å². The van der Waals surface area contributed by atoms with Crippen molar-refractivity contribution in [2.24, 2.45) is 0 Å². The third-order valence-corrected chi connectivity index (χ3v) is 6.97. The molecule has 1 amide bonds. The van der Waals surface area contributed by atoms with Crippen LogP contribution in [0, 0.1) is 0 Å². The lowest BCUT2D eigenvalue weighted by molar-refractivity contribution is -0.186. The van der Waals surface area contributed by atoms with Gasteiger partial charge in [0, 0.05) is 28.9 Å². The van der Waals surface area contributed by atoms with Crippen molar-refractivity contribution in [2.75, 3.05) is 6.61 Å². The number of morpholine rings is 1. The molecule has 1 aliphatic rings. The first-order valence-electron chi connectivity index (χ1n) is 12.5. The van der Waals surface area contributed by atoms with E-state index in [1.165, 1.54) is 0 Å². The van der Waals surface area contributed by atoms with Gasteiger partial charge in [0.05, 0.1) is 12.6 Å². The monoisotopic (exact) mass is 540 g/mol. The molecule has 0 aliphatic carbocycles. The molecule has 0 N–H and O–H groups in total. The van der Waals surface area contributed by atoms with Crippen molar-refractivity contribution >= 4 is 35.1 Å². The van der Waals surface area contributed by atoms with Gasteiger partial charge in [0.15, 0.2) is 0 Å². The van der Waals surface area contributed by atoms with Gasteiger partial charge in [0.2, 0.25) is 0 Å². The zero-order valence-electron chi connectivity index (χ0n) is 20.8. The Morgan fingerprint density at radius 1 is 0.973 bits per heavy atom. The van der Waals surface area contributed by atoms with E-state index in [9.17, 15) is 9.59 Å². The summed E-state index contributed by atoms with van der Waals surface area (Å²) in [6.45, 7) is 3.98. The Hall–Kier alpha value is -2.93. The fourth-order valence-electron chi connectivity index (χ4n) is 4.77. The lowest BCUT2D eigenvalue weighted by atomic mass is 9.88. The van der Waals surface area contributed by atoms with Crippen LogP contribution >= 0.6 is 23.2 Å². The summed E-state index contributed by atoms with van der Waals surface area (Å²) in [6, 6.07) is 17.1. The zero-order chi connectivity index (χ0) is 26.4. The first kappa shape index (κ1) is 27.1. The fourth-order valence-corrected chi connectivity index (χ4v) is 5.02. The van der Waals surface area contributed by atoms with Gasteiger partial charge in [-0.2, -0.15) is 0 Å². The number of nitrogens with zero attached hydrogens (tertiary/aromatic N) is 2. The largest absolute Gasteiger partial charge is 0.464 e. The maximum atomic E-state index is 14.2. The molecule has 37 heavy (non-hydrogen) atoms. The second kappa shape index (κ2) is 12.5. The second-order valence-corrected chi connectivity index (χ2v) is 9.83. The third kappa shape index (κ3) is 6.32. The summed E-state index contributed by atoms with van der Waals surface area (Å²) in [5.41, 5.74) is 2.57. The Morgan fingerprint density at radius 2 is 1.57 bits per heavy atom. The molecule has 3 aromatic rings. The Bertz CT molecular complexity index is 1190. The Kier molecular flexibility index (Phi) is 9.19. The normalized spacial score (nSPS) is 20.5. The van der Waals surface area contributed by atoms with Crippen molar-refractivity contribution in [1.82, 2.24) is 9.88 Å². The van der Waals surface area contributed by atoms with Crippen molar-refractivity contribution in [2.45, 2.75) is 57.4 Å². The highest BCUT2D eigenvalue weighted by atomic mass is 35.5. The number of rotatable bonds is 9. The highest BCUT2D eigenvalue weighted by molar-refractivity contribution is 6.30. The molecule has 0 spiro atoms. The fraction of sp³-hybridized carbons (Fsp3) is 0.345. The van der Waals surface area contributed by atoms with Gasteiger partial charge in [-0.15, -0.1) is 0 Å². The van der Waals surface area contributed by atoms with E-state index in [1.54, 1.807) is 48.5 Å². The van der Waals surface area contributed by atoms with E-state index in [0.29, 0.717) is 29.3 Å². The minimum atomic E-state index is -0.805. The van der Waals surface area contributed by atoms with Crippen molar-refractivity contribution in [3.05, 3.63) is 99.8 Å². The minimum Gasteiger partial charge on any atom is -0.464 e. The quantitative estimate of drug-likeness (QED) is 0.295. The summed E-state index contributed by atoms with van der Waals surface area (Å²) in [7, 11) is 0. The number of aromatic nitrogens is 1. The zero-order valence-corrected chi connectivity index (χ0v) is 22.4. The van der Waals surface area contributed by atoms with E-state index in [1.807, 2.05) is 43.3 Å². The molecule has 0 saturated carbocycles. The Labute approximate surface area is 227 Å². The van der Waals surface area contributed by atoms with Gasteiger partial charge < -0.3 is 14.4 Å². The molecule has 2 aromatic carbocycles. The van der Waals surface area contributed by atoms with Crippen LogP contribution in [0.1, 0.15) is 55.5 Å². The van der Waals surface area contributed by atoms with Crippen molar-refractivity contribution in [1.29, 1.82) is 0 Å². The third-order valence-electron chi connectivity index (χ3n) is 6.46. The van der Waals surface area contributed by atoms with Gasteiger partial charge >= 0.3 is 5.97 Å². The van der Waals surface area contributed by atoms with Gasteiger partial charge in [-0.25, -0.2) is 4.79 Å². The van der Waals surface area contributed by atoms with Gasteiger partial charge in [0.25, 0.3) is 5.91 Å². The maximum absolute atomic E-state index is 14.2. The highest BCUT2D eigenvalue weighted by Gasteiger charge is 2.48. The van der Waals surface area contributed by atoms with Crippen LogP contribution in [0.3, 0.4) is 0 Å². The summed E-state index contributed by atoms with van der Waals surface area (Å²) in [6.07, 6.45) is 3.51. The summed E-state index contributed by atoms with van der Waals surface area (Å²) in [5.74, 6) is -0.676. The number of ether oxygens (including phenoxy) is 2. The molecule has 1 aromatic heterocycles. The lowest BCUT2D eigenvalue weighted by Crippen LogP contribution is -2.57. The molecule has 1 saturated heterocycles. The number of amides is 1. The lowest BCUT2D eigenvalue weighted by Gasteiger charge is -2.47. The number of pyridine rings is 1. The first-order valence-corrected chi connectivity index (χ1v) is 13.2. The summed E-state index contributed by atoms with van der Waals surface area (Å²) in [5, 5.41) is 1.17. The van der Waals surface area contributed by atoms with E-state index in [4.69, 9.17) is 32.7 Å². The number of halogens is 2. The standard InChI is InChI=1S/C29H30Cl2N2O4/c1-3-5-24(29(35)36-4-2)33-26(20-6-10-22(30)11-7-20)27(21-8-12-23(31)13-9-21)37-25(28(33)34)18-19-14-16-32-17-15-19/h6-17,24-27H,3-5,18H2,1-2H3/t24-,25+,26-,27+/m0/s1. The molecule has 0 radical (unpaired) electrons. The minimum absolute atomic E-state index is 0.226. The molecule has 0 unspecified atom stereocenters. The number of hydrogen-bond acceptors (Lipinski definition) is 5. The molecule has 1 aliphatic heterocycles. The molecule has 1 fully saturated rings. The molecule has 4 rings (SSSR count). The average Bonchev–Trinajstić information content (AvgIpc) is 2.90. The Balaban J connectivity index is 1.86. The van der Waals surface area contributed by atoms with Crippen LogP contribution in [0.25, 0.3) is 0 Å². The first-order chi connectivity index (χ1) is 17.9. The van der Waals surface area contributed by atoms with Crippen molar-refractivity contribution in [3.8, 4) is 0 Å². The van der Waals surface area contributed by atoms with Crippen LogP contribution in [0.2, 0.25) is 10.0 Å².